The highest BCUT2D eigenvalue weighted by Crippen LogP contribution is 2.32. The summed E-state index contributed by atoms with van der Waals surface area (Å²) in [6, 6.07) is 2.35. The van der Waals surface area contributed by atoms with Crippen LogP contribution in [-0.2, 0) is 6.37 Å². The molecule has 1 aromatic rings. The van der Waals surface area contributed by atoms with E-state index in [2.05, 4.69) is 15.9 Å². The molecule has 0 saturated heterocycles. The van der Waals surface area contributed by atoms with E-state index < -0.39 is 19.9 Å². The predicted octanol–water partition coefficient (Wildman–Crippen LogP) is 2.39. The van der Waals surface area contributed by atoms with E-state index in [1.54, 1.807) is 0 Å². The molecule has 0 aliphatic rings. The maximum atomic E-state index is 7.84. The molecular formula is C10H15BrClNO2. The first kappa shape index (κ1) is 6.33. The first-order valence-corrected chi connectivity index (χ1v) is 4.45. The Morgan fingerprint density at radius 3 is 2.73 bits per heavy atom. The van der Waals surface area contributed by atoms with Crippen LogP contribution >= 0.6 is 28.3 Å². The fourth-order valence-corrected chi connectivity index (χ4v) is 1.44. The number of methoxy groups -OCH3 is 2. The quantitative estimate of drug-likeness (QED) is 0.929. The fourth-order valence-electron chi connectivity index (χ4n) is 0.951. The molecule has 0 atom stereocenters. The van der Waals surface area contributed by atoms with E-state index in [4.69, 9.17) is 24.8 Å². The Labute approximate surface area is 114 Å². The molecule has 0 bridgehead atoms. The first-order valence-electron chi connectivity index (χ1n) is 7.15. The standard InChI is InChI=1S/C10H14BrNO2.ClH/c1-13-9-6-8(11)10(14-2)5-7(9)3-4-12;/h5-6H,3-4,12H2,1-2H3;1H/i1D3,3D2,4D2;. The van der Waals surface area contributed by atoms with Crippen LogP contribution in [0.5, 0.6) is 11.5 Å². The smallest absolute Gasteiger partial charge is 0.133 e. The lowest BCUT2D eigenvalue weighted by Gasteiger charge is -2.11. The number of benzene rings is 1. The number of nitrogens with two attached hydrogens (primary N) is 1. The van der Waals surface area contributed by atoms with Crippen LogP contribution in [0.2, 0.25) is 0 Å². The minimum atomic E-state index is -2.82. The summed E-state index contributed by atoms with van der Waals surface area (Å²) in [5, 5.41) is 0. The van der Waals surface area contributed by atoms with Crippen molar-refractivity contribution in [2.24, 2.45) is 5.73 Å². The van der Waals surface area contributed by atoms with Crippen LogP contribution in [0.25, 0.3) is 0 Å². The zero-order valence-corrected chi connectivity index (χ0v) is 10.2. The van der Waals surface area contributed by atoms with Crippen molar-refractivity contribution in [2.45, 2.75) is 6.37 Å². The van der Waals surface area contributed by atoms with E-state index >= 15 is 0 Å². The van der Waals surface area contributed by atoms with Crippen molar-refractivity contribution >= 4 is 28.3 Å². The SMILES string of the molecule is Cl.[2H]C([2H])([2H])Oc1cc(Br)c(OC)cc1C([2H])([2H])C([2H])([2H])N. The highest BCUT2D eigenvalue weighted by Gasteiger charge is 2.08. The van der Waals surface area contributed by atoms with E-state index in [0.717, 1.165) is 6.07 Å². The van der Waals surface area contributed by atoms with Crippen molar-refractivity contribution in [3.05, 3.63) is 22.2 Å². The van der Waals surface area contributed by atoms with E-state index in [0.29, 0.717) is 4.47 Å². The number of rotatable bonds is 4. The average molecular weight is 304 g/mol. The molecule has 0 radical (unpaired) electrons. The molecule has 0 amide bonds. The third kappa shape index (κ3) is 3.55. The number of aryl methyl sites for hydroxylation is 1. The van der Waals surface area contributed by atoms with Crippen LogP contribution in [0.1, 0.15) is 15.2 Å². The molecule has 0 heterocycles. The van der Waals surface area contributed by atoms with E-state index in [1.165, 1.54) is 13.2 Å². The zero-order chi connectivity index (χ0) is 16.6. The van der Waals surface area contributed by atoms with E-state index in [-0.39, 0.29) is 29.5 Å². The van der Waals surface area contributed by atoms with Crippen molar-refractivity contribution < 1.29 is 19.1 Å². The number of hydrogen-bond donors (Lipinski definition) is 1. The number of halogens is 2. The molecule has 5 heteroatoms. The summed E-state index contributed by atoms with van der Waals surface area (Å²) in [6.45, 7) is -2.75. The van der Waals surface area contributed by atoms with E-state index in [1.807, 2.05) is 0 Å². The summed E-state index contributed by atoms with van der Waals surface area (Å²) in [4.78, 5) is 0. The summed E-state index contributed by atoms with van der Waals surface area (Å²) in [5.74, 6) is -0.155. The molecule has 1 rings (SSSR count). The minimum Gasteiger partial charge on any atom is -0.496 e. The van der Waals surface area contributed by atoms with Gasteiger partial charge in [0.1, 0.15) is 11.5 Å². The molecule has 0 spiro atoms. The first-order chi connectivity index (χ1) is 9.29. The third-order valence-electron chi connectivity index (χ3n) is 1.57. The van der Waals surface area contributed by atoms with Crippen molar-refractivity contribution in [1.29, 1.82) is 0 Å². The second-order valence-electron chi connectivity index (χ2n) is 2.35. The van der Waals surface area contributed by atoms with Gasteiger partial charge in [0, 0.05) is 5.48 Å². The molecule has 15 heavy (non-hydrogen) atoms. The van der Waals surface area contributed by atoms with Crippen LogP contribution in [0, 0.1) is 0 Å². The topological polar surface area (TPSA) is 44.5 Å². The van der Waals surface area contributed by atoms with Gasteiger partial charge in [0.15, 0.2) is 0 Å². The molecule has 0 unspecified atom stereocenters. The maximum absolute atomic E-state index is 7.84. The molecule has 86 valence electrons. The Morgan fingerprint density at radius 2 is 2.20 bits per heavy atom. The summed E-state index contributed by atoms with van der Waals surface area (Å²) in [6.07, 6.45) is -2.69. The predicted molar refractivity (Wildman–Crippen MR) is 67.3 cm³/mol. The molecule has 0 aliphatic heterocycles. The Bertz CT molecular complexity index is 533. The minimum absolute atomic E-state index is 0. The van der Waals surface area contributed by atoms with Crippen molar-refractivity contribution in [1.82, 2.24) is 0 Å². The molecule has 0 fully saturated rings. The fraction of sp³-hybridized carbons (Fsp3) is 0.400. The van der Waals surface area contributed by atoms with Crippen LogP contribution in [0.4, 0.5) is 0 Å². The van der Waals surface area contributed by atoms with Gasteiger partial charge in [-0.1, -0.05) is 0 Å². The molecule has 3 nitrogen and oxygen atoms in total. The van der Waals surface area contributed by atoms with Gasteiger partial charge in [0.05, 0.1) is 22.7 Å². The largest absolute Gasteiger partial charge is 0.496 e. The van der Waals surface area contributed by atoms with Gasteiger partial charge in [-0.2, -0.15) is 0 Å². The summed E-state index contributed by atoms with van der Waals surface area (Å²) >= 11 is 3.13. The van der Waals surface area contributed by atoms with Crippen molar-refractivity contribution in [3.63, 3.8) is 0 Å². The maximum Gasteiger partial charge on any atom is 0.133 e. The zero-order valence-electron chi connectivity index (χ0n) is 14.8. The van der Waals surface area contributed by atoms with Gasteiger partial charge >= 0.3 is 0 Å². The molecule has 0 saturated carbocycles. The van der Waals surface area contributed by atoms with E-state index in [9.17, 15) is 0 Å². The lowest BCUT2D eigenvalue weighted by molar-refractivity contribution is 0.397. The lowest BCUT2D eigenvalue weighted by atomic mass is 10.1. The Hall–Kier alpha value is -0.450. The monoisotopic (exact) mass is 302 g/mol. The molecule has 1 aromatic carbocycles. The summed E-state index contributed by atoms with van der Waals surface area (Å²) < 4.78 is 61.9. The average Bonchev–Trinajstić information content (AvgIpc) is 2.25. The Balaban J connectivity index is 0.00000441. The van der Waals surface area contributed by atoms with Crippen LogP contribution in [-0.4, -0.2) is 20.6 Å². The molecule has 0 aromatic heterocycles. The van der Waals surface area contributed by atoms with Gasteiger partial charge in [-0.25, -0.2) is 0 Å². The lowest BCUT2D eigenvalue weighted by Crippen LogP contribution is -2.04. The summed E-state index contributed by atoms with van der Waals surface area (Å²) in [7, 11) is -1.49. The highest BCUT2D eigenvalue weighted by atomic mass is 79.9. The van der Waals surface area contributed by atoms with Gasteiger partial charge in [-0.3, -0.25) is 0 Å². The Kier molecular flexibility index (Phi) is 2.92. The second-order valence-corrected chi connectivity index (χ2v) is 3.21. The molecule has 0 aliphatic carbocycles. The normalized spacial score (nSPS) is 19.0. The van der Waals surface area contributed by atoms with Crippen LogP contribution in [0.15, 0.2) is 16.6 Å². The van der Waals surface area contributed by atoms with Crippen LogP contribution in [0.3, 0.4) is 0 Å². The van der Waals surface area contributed by atoms with Crippen LogP contribution < -0.4 is 15.2 Å². The number of hydrogen-bond acceptors (Lipinski definition) is 3. The van der Waals surface area contributed by atoms with Gasteiger partial charge < -0.3 is 15.2 Å². The van der Waals surface area contributed by atoms with Crippen molar-refractivity contribution in [2.75, 3.05) is 20.6 Å². The highest BCUT2D eigenvalue weighted by molar-refractivity contribution is 9.10. The Morgan fingerprint density at radius 1 is 1.47 bits per heavy atom. The van der Waals surface area contributed by atoms with Gasteiger partial charge in [0.25, 0.3) is 0 Å². The molecule has 2 N–H and O–H groups in total. The van der Waals surface area contributed by atoms with Gasteiger partial charge in [-0.05, 0) is 46.5 Å². The molecular weight excluding hydrogens is 281 g/mol. The second kappa shape index (κ2) is 6.93. The van der Waals surface area contributed by atoms with Crippen molar-refractivity contribution in [3.8, 4) is 11.5 Å². The van der Waals surface area contributed by atoms with Gasteiger partial charge in [0.2, 0.25) is 0 Å². The third-order valence-corrected chi connectivity index (χ3v) is 2.19. The van der Waals surface area contributed by atoms with Gasteiger partial charge in [-0.15, -0.1) is 12.4 Å². The summed E-state index contributed by atoms with van der Waals surface area (Å²) in [5.41, 5.74) is 4.86. The number of ether oxygens (including phenoxy) is 2.